The third kappa shape index (κ3) is 3.65. The van der Waals surface area contributed by atoms with Crippen molar-refractivity contribution in [1.29, 1.82) is 0 Å². The van der Waals surface area contributed by atoms with Crippen molar-refractivity contribution in [3.63, 3.8) is 0 Å². The Labute approximate surface area is 180 Å². The number of aromatic nitrogens is 3. The van der Waals surface area contributed by atoms with Gasteiger partial charge in [0.2, 0.25) is 0 Å². The number of benzene rings is 1. The monoisotopic (exact) mass is 452 g/mol. The van der Waals surface area contributed by atoms with Crippen molar-refractivity contribution in [3.05, 3.63) is 53.0 Å². The molecule has 170 valence electrons. The number of phenolic OH excluding ortho intramolecular Hbond substituents is 1. The fourth-order valence-electron chi connectivity index (χ4n) is 4.60. The van der Waals surface area contributed by atoms with E-state index >= 15 is 0 Å². The zero-order valence-corrected chi connectivity index (χ0v) is 17.0. The van der Waals surface area contributed by atoms with Crippen LogP contribution in [0.25, 0.3) is 5.65 Å². The normalized spacial score (nSPS) is 18.0. The number of nitrogens with zero attached hydrogens (tertiary/aromatic N) is 4. The van der Waals surface area contributed by atoms with Crippen LogP contribution in [0.4, 0.5) is 27.6 Å². The minimum Gasteiger partial charge on any atom is -0.505 e. The van der Waals surface area contributed by atoms with Gasteiger partial charge in [-0.25, -0.2) is 8.78 Å². The summed E-state index contributed by atoms with van der Waals surface area (Å²) in [5.74, 6) is -1.87. The molecule has 5 nitrogen and oxygen atoms in total. The highest BCUT2D eigenvalue weighted by atomic mass is 19.4. The lowest BCUT2D eigenvalue weighted by atomic mass is 9.88. The maximum atomic E-state index is 14.2. The molecule has 3 aromatic rings. The Hall–Kier alpha value is -2.91. The largest absolute Gasteiger partial charge is 0.505 e. The van der Waals surface area contributed by atoms with Crippen molar-refractivity contribution >= 4 is 11.3 Å². The molecule has 0 spiro atoms. The molecule has 1 aliphatic heterocycles. The number of rotatable bonds is 4. The molecule has 1 aromatic carbocycles. The Morgan fingerprint density at radius 3 is 2.31 bits per heavy atom. The van der Waals surface area contributed by atoms with E-state index in [2.05, 4.69) is 10.2 Å². The van der Waals surface area contributed by atoms with E-state index in [0.29, 0.717) is 18.2 Å². The summed E-state index contributed by atoms with van der Waals surface area (Å²) < 4.78 is 71.6. The molecule has 0 radical (unpaired) electrons. The van der Waals surface area contributed by atoms with Gasteiger partial charge in [0, 0.05) is 31.3 Å². The number of phenols is 1. The number of hydrogen-bond acceptors (Lipinski definition) is 4. The third-order valence-electron chi connectivity index (χ3n) is 6.44. The zero-order valence-electron chi connectivity index (χ0n) is 17.0. The van der Waals surface area contributed by atoms with Gasteiger partial charge < -0.3 is 10.0 Å². The van der Waals surface area contributed by atoms with Crippen LogP contribution in [0.2, 0.25) is 0 Å². The fraction of sp³-hybridized carbons (Fsp3) is 0.455. The number of alkyl halides is 3. The van der Waals surface area contributed by atoms with Crippen LogP contribution in [0.5, 0.6) is 5.75 Å². The molecule has 5 rings (SSSR count). The molecule has 1 aliphatic carbocycles. The number of anilines is 1. The summed E-state index contributed by atoms with van der Waals surface area (Å²) in [6.07, 6.45) is 0.191. The lowest BCUT2D eigenvalue weighted by molar-refractivity contribution is -0.136. The molecule has 2 fully saturated rings. The average Bonchev–Trinajstić information content (AvgIpc) is 3.48. The smallest absolute Gasteiger partial charge is 0.422 e. The molecule has 1 N–H and O–H groups in total. The van der Waals surface area contributed by atoms with E-state index in [1.807, 2.05) is 0 Å². The Morgan fingerprint density at radius 1 is 0.969 bits per heavy atom. The molecule has 2 aliphatic rings. The highest BCUT2D eigenvalue weighted by Gasteiger charge is 2.40. The molecule has 1 saturated heterocycles. The minimum absolute atomic E-state index is 0.00208. The van der Waals surface area contributed by atoms with Crippen molar-refractivity contribution in [2.75, 3.05) is 18.0 Å². The van der Waals surface area contributed by atoms with Gasteiger partial charge in [-0.3, -0.25) is 4.40 Å². The Kier molecular flexibility index (Phi) is 4.98. The standard InChI is InChI=1S/C22H21F5N4O/c23-14-3-4-15(24)20(32)18(14)13-5-8-30(9-6-13)16-7-10-31-17(11-12-1-2-12)28-29-21(31)19(16)22(25,26)27/h3-4,7,10,12-13,32H,1-2,5-6,8-9,11H2. The van der Waals surface area contributed by atoms with Crippen molar-refractivity contribution in [2.24, 2.45) is 5.92 Å². The molecule has 3 heterocycles. The number of piperidine rings is 1. The van der Waals surface area contributed by atoms with E-state index in [-0.39, 0.29) is 42.8 Å². The van der Waals surface area contributed by atoms with Crippen LogP contribution in [-0.2, 0) is 12.6 Å². The van der Waals surface area contributed by atoms with Crippen LogP contribution in [0, 0.1) is 17.6 Å². The second kappa shape index (κ2) is 7.60. The summed E-state index contributed by atoms with van der Waals surface area (Å²) in [4.78, 5) is 1.59. The van der Waals surface area contributed by atoms with Gasteiger partial charge in [0.15, 0.2) is 17.2 Å². The molecular formula is C22H21F5N4O. The van der Waals surface area contributed by atoms with Gasteiger partial charge in [-0.15, -0.1) is 10.2 Å². The SMILES string of the molecule is Oc1c(F)ccc(F)c1C1CCN(c2ccn3c(CC4CC4)nnc3c2C(F)(F)F)CC1. The molecule has 0 unspecified atom stereocenters. The predicted molar refractivity (Wildman–Crippen MR) is 107 cm³/mol. The van der Waals surface area contributed by atoms with E-state index in [9.17, 15) is 27.1 Å². The minimum atomic E-state index is -4.63. The van der Waals surface area contributed by atoms with Crippen LogP contribution in [0.15, 0.2) is 24.4 Å². The van der Waals surface area contributed by atoms with Gasteiger partial charge in [-0.05, 0) is 55.7 Å². The molecular weight excluding hydrogens is 431 g/mol. The number of hydrogen-bond donors (Lipinski definition) is 1. The average molecular weight is 452 g/mol. The molecule has 0 amide bonds. The van der Waals surface area contributed by atoms with Crippen molar-refractivity contribution in [2.45, 2.75) is 44.2 Å². The van der Waals surface area contributed by atoms with Gasteiger partial charge in [0.1, 0.15) is 17.2 Å². The quantitative estimate of drug-likeness (QED) is 0.562. The number of pyridine rings is 1. The molecule has 1 saturated carbocycles. The maximum Gasteiger partial charge on any atom is 0.422 e. The van der Waals surface area contributed by atoms with E-state index in [1.165, 1.54) is 10.5 Å². The Balaban J connectivity index is 1.45. The molecule has 2 aromatic heterocycles. The first-order valence-electron chi connectivity index (χ1n) is 10.6. The topological polar surface area (TPSA) is 53.7 Å². The number of aromatic hydroxyl groups is 1. The highest BCUT2D eigenvalue weighted by molar-refractivity contribution is 5.67. The lowest BCUT2D eigenvalue weighted by Gasteiger charge is -2.35. The van der Waals surface area contributed by atoms with Gasteiger partial charge in [0.05, 0.1) is 5.69 Å². The molecule has 10 heteroatoms. The van der Waals surface area contributed by atoms with Crippen LogP contribution < -0.4 is 4.90 Å². The van der Waals surface area contributed by atoms with Gasteiger partial charge >= 0.3 is 6.18 Å². The van der Waals surface area contributed by atoms with Crippen LogP contribution in [-0.4, -0.2) is 32.8 Å². The first kappa shape index (κ1) is 21.0. The predicted octanol–water partition coefficient (Wildman–Crippen LogP) is 5.07. The molecule has 0 bridgehead atoms. The summed E-state index contributed by atoms with van der Waals surface area (Å²) in [5.41, 5.74) is -1.18. The number of fused-ring (bicyclic) bond motifs is 1. The van der Waals surface area contributed by atoms with Crippen molar-refractivity contribution < 1.29 is 27.1 Å². The van der Waals surface area contributed by atoms with E-state index in [4.69, 9.17) is 0 Å². The number of halogens is 5. The lowest BCUT2D eigenvalue weighted by Crippen LogP contribution is -2.35. The summed E-state index contributed by atoms with van der Waals surface area (Å²) in [6.45, 7) is 0.394. The van der Waals surface area contributed by atoms with E-state index < -0.39 is 35.0 Å². The molecule has 32 heavy (non-hydrogen) atoms. The summed E-state index contributed by atoms with van der Waals surface area (Å²) in [5, 5.41) is 17.8. The second-order valence-corrected chi connectivity index (χ2v) is 8.58. The van der Waals surface area contributed by atoms with Gasteiger partial charge in [-0.2, -0.15) is 13.2 Å². The van der Waals surface area contributed by atoms with Crippen LogP contribution >= 0.6 is 0 Å². The summed E-state index contributed by atoms with van der Waals surface area (Å²) in [7, 11) is 0. The van der Waals surface area contributed by atoms with Gasteiger partial charge in [-0.1, -0.05) is 0 Å². The van der Waals surface area contributed by atoms with Crippen LogP contribution in [0.1, 0.15) is 48.6 Å². The first-order chi connectivity index (χ1) is 15.2. The van der Waals surface area contributed by atoms with E-state index in [0.717, 1.165) is 25.0 Å². The second-order valence-electron chi connectivity index (χ2n) is 8.58. The van der Waals surface area contributed by atoms with Crippen molar-refractivity contribution in [1.82, 2.24) is 14.6 Å². The third-order valence-corrected chi connectivity index (χ3v) is 6.44. The Bertz CT molecular complexity index is 1160. The highest BCUT2D eigenvalue weighted by Crippen LogP contribution is 2.43. The van der Waals surface area contributed by atoms with E-state index in [1.54, 1.807) is 11.1 Å². The zero-order chi connectivity index (χ0) is 22.6. The van der Waals surface area contributed by atoms with Crippen molar-refractivity contribution in [3.8, 4) is 5.75 Å². The Morgan fingerprint density at radius 2 is 1.66 bits per heavy atom. The van der Waals surface area contributed by atoms with Crippen LogP contribution in [0.3, 0.4) is 0 Å². The molecule has 0 atom stereocenters. The first-order valence-corrected chi connectivity index (χ1v) is 10.6. The summed E-state index contributed by atoms with van der Waals surface area (Å²) >= 11 is 0. The fourth-order valence-corrected chi connectivity index (χ4v) is 4.60. The maximum absolute atomic E-state index is 14.2. The summed E-state index contributed by atoms with van der Waals surface area (Å²) in [6, 6.07) is 3.23. The van der Waals surface area contributed by atoms with Gasteiger partial charge in [0.25, 0.3) is 0 Å².